The number of hydrogen-bond donors (Lipinski definition) is 3. The van der Waals surface area contributed by atoms with Gasteiger partial charge in [0.2, 0.25) is 5.88 Å². The number of nitrogen functional groups attached to an aromatic ring is 1. The van der Waals surface area contributed by atoms with Crippen LogP contribution in [0.3, 0.4) is 0 Å². The Morgan fingerprint density at radius 2 is 2.21 bits per heavy atom. The molecule has 1 aromatic rings. The van der Waals surface area contributed by atoms with E-state index in [1.54, 1.807) is 12.1 Å². The highest BCUT2D eigenvalue weighted by atomic mass is 16.5. The highest BCUT2D eigenvalue weighted by Crippen LogP contribution is 2.23. The van der Waals surface area contributed by atoms with Gasteiger partial charge in [0, 0.05) is 32.6 Å². The molecule has 2 rings (SSSR count). The van der Waals surface area contributed by atoms with Crippen LogP contribution in [-0.2, 0) is 4.74 Å². The summed E-state index contributed by atoms with van der Waals surface area (Å²) in [6.07, 6.45) is 1.26. The predicted molar refractivity (Wildman–Crippen MR) is 73.3 cm³/mol. The minimum atomic E-state index is -0.729. The Balaban J connectivity index is 1.97. The van der Waals surface area contributed by atoms with Crippen molar-refractivity contribution in [3.63, 3.8) is 0 Å². The van der Waals surface area contributed by atoms with Crippen molar-refractivity contribution in [2.75, 3.05) is 37.4 Å². The smallest absolute Gasteiger partial charge is 0.239 e. The van der Waals surface area contributed by atoms with Gasteiger partial charge in [-0.25, -0.2) is 0 Å². The van der Waals surface area contributed by atoms with E-state index < -0.39 is 5.60 Å². The van der Waals surface area contributed by atoms with Gasteiger partial charge in [0.25, 0.3) is 0 Å². The van der Waals surface area contributed by atoms with Gasteiger partial charge < -0.3 is 25.6 Å². The van der Waals surface area contributed by atoms with Crippen molar-refractivity contribution in [2.24, 2.45) is 0 Å². The zero-order valence-corrected chi connectivity index (χ0v) is 11.2. The number of rotatable bonds is 5. The van der Waals surface area contributed by atoms with Crippen LogP contribution in [0.2, 0.25) is 0 Å². The van der Waals surface area contributed by atoms with E-state index in [0.29, 0.717) is 56.6 Å². The number of ether oxygens (including phenoxy) is 2. The minimum absolute atomic E-state index is 0.423. The van der Waals surface area contributed by atoms with Gasteiger partial charge in [0.05, 0.1) is 17.9 Å². The molecule has 0 aliphatic carbocycles. The Morgan fingerprint density at radius 1 is 1.47 bits per heavy atom. The number of aromatic nitrogens is 1. The lowest BCUT2D eigenvalue weighted by Gasteiger charge is -2.32. The van der Waals surface area contributed by atoms with Crippen LogP contribution in [-0.4, -0.2) is 42.1 Å². The van der Waals surface area contributed by atoms with Gasteiger partial charge in [-0.1, -0.05) is 0 Å². The average Bonchev–Trinajstić information content (AvgIpc) is 2.41. The zero-order valence-electron chi connectivity index (χ0n) is 11.2. The minimum Gasteiger partial charge on any atom is -0.476 e. The molecule has 1 aromatic heterocycles. The van der Waals surface area contributed by atoms with Crippen LogP contribution in [0.4, 0.5) is 11.5 Å². The second-order valence-electron chi connectivity index (χ2n) is 4.71. The fourth-order valence-corrected chi connectivity index (χ4v) is 1.99. The summed E-state index contributed by atoms with van der Waals surface area (Å²) in [5.74, 6) is 1.07. The van der Waals surface area contributed by atoms with Crippen LogP contribution in [0.5, 0.6) is 5.88 Å². The number of nitrogens with one attached hydrogen (secondary N) is 1. The largest absolute Gasteiger partial charge is 0.476 e. The maximum Gasteiger partial charge on any atom is 0.239 e. The van der Waals surface area contributed by atoms with Crippen LogP contribution in [0.25, 0.3) is 0 Å². The second-order valence-corrected chi connectivity index (χ2v) is 4.71. The topological polar surface area (TPSA) is 89.6 Å². The normalized spacial score (nSPS) is 18.0. The lowest BCUT2D eigenvalue weighted by molar-refractivity contribution is -0.0543. The summed E-state index contributed by atoms with van der Waals surface area (Å²) >= 11 is 0. The SMILES string of the molecule is CCOc1nc(NCC2(O)CCOCC2)ccc1N. The number of nitrogens with two attached hydrogens (primary N) is 1. The predicted octanol–water partition coefficient (Wildman–Crippen LogP) is 1.02. The van der Waals surface area contributed by atoms with E-state index in [1.807, 2.05) is 6.92 Å². The van der Waals surface area contributed by atoms with Crippen molar-refractivity contribution in [3.05, 3.63) is 12.1 Å². The number of aliphatic hydroxyl groups is 1. The van der Waals surface area contributed by atoms with E-state index in [0.717, 1.165) is 0 Å². The van der Waals surface area contributed by atoms with Gasteiger partial charge in [-0.05, 0) is 19.1 Å². The molecular formula is C13H21N3O3. The summed E-state index contributed by atoms with van der Waals surface area (Å²) in [4.78, 5) is 4.28. The Bertz CT molecular complexity index is 420. The number of pyridine rings is 1. The van der Waals surface area contributed by atoms with Gasteiger partial charge >= 0.3 is 0 Å². The maximum absolute atomic E-state index is 10.3. The molecule has 0 unspecified atom stereocenters. The molecule has 0 saturated carbocycles. The summed E-state index contributed by atoms with van der Waals surface area (Å²) in [6.45, 7) is 4.03. The van der Waals surface area contributed by atoms with Gasteiger partial charge in [-0.15, -0.1) is 0 Å². The zero-order chi connectivity index (χ0) is 13.7. The number of hydrogen-bond acceptors (Lipinski definition) is 6. The molecule has 106 valence electrons. The van der Waals surface area contributed by atoms with Crippen LogP contribution in [0, 0.1) is 0 Å². The lowest BCUT2D eigenvalue weighted by Crippen LogP contribution is -2.42. The molecular weight excluding hydrogens is 246 g/mol. The molecule has 1 fully saturated rings. The molecule has 0 bridgehead atoms. The van der Waals surface area contributed by atoms with E-state index in [4.69, 9.17) is 15.2 Å². The monoisotopic (exact) mass is 267 g/mol. The molecule has 19 heavy (non-hydrogen) atoms. The molecule has 1 aliphatic heterocycles. The van der Waals surface area contributed by atoms with Crippen LogP contribution in [0.1, 0.15) is 19.8 Å². The Morgan fingerprint density at radius 3 is 2.89 bits per heavy atom. The number of anilines is 2. The van der Waals surface area contributed by atoms with E-state index in [9.17, 15) is 5.11 Å². The van der Waals surface area contributed by atoms with Crippen molar-refractivity contribution in [2.45, 2.75) is 25.4 Å². The van der Waals surface area contributed by atoms with Gasteiger partial charge in [0.15, 0.2) is 0 Å². The first-order valence-corrected chi connectivity index (χ1v) is 6.56. The molecule has 4 N–H and O–H groups in total. The van der Waals surface area contributed by atoms with Crippen LogP contribution in [0.15, 0.2) is 12.1 Å². The molecule has 1 aliphatic rings. The lowest BCUT2D eigenvalue weighted by atomic mass is 9.94. The molecule has 6 nitrogen and oxygen atoms in total. The Kier molecular flexibility index (Phi) is 4.44. The fourth-order valence-electron chi connectivity index (χ4n) is 1.99. The third kappa shape index (κ3) is 3.71. The average molecular weight is 267 g/mol. The summed E-state index contributed by atoms with van der Waals surface area (Å²) in [5.41, 5.74) is 5.54. The molecule has 0 spiro atoms. The first kappa shape index (κ1) is 13.9. The summed E-state index contributed by atoms with van der Waals surface area (Å²) in [5, 5.41) is 13.5. The Hall–Kier alpha value is -1.53. The van der Waals surface area contributed by atoms with Crippen LogP contribution >= 0.6 is 0 Å². The second kappa shape index (κ2) is 6.08. The summed E-state index contributed by atoms with van der Waals surface area (Å²) in [6, 6.07) is 3.52. The van der Waals surface area contributed by atoms with Crippen molar-refractivity contribution in [3.8, 4) is 5.88 Å². The standard InChI is InChI=1S/C13H21N3O3/c1-2-19-12-10(14)3-4-11(16-12)15-9-13(17)5-7-18-8-6-13/h3-4,17H,2,5-9,14H2,1H3,(H,15,16). The van der Waals surface area contributed by atoms with Crippen molar-refractivity contribution >= 4 is 11.5 Å². The summed E-state index contributed by atoms with van der Waals surface area (Å²) in [7, 11) is 0. The van der Waals surface area contributed by atoms with Gasteiger partial charge in [-0.2, -0.15) is 4.98 Å². The third-order valence-electron chi connectivity index (χ3n) is 3.19. The number of nitrogens with zero attached hydrogens (tertiary/aromatic N) is 1. The van der Waals surface area contributed by atoms with Crippen LogP contribution < -0.4 is 15.8 Å². The highest BCUT2D eigenvalue weighted by Gasteiger charge is 2.29. The molecule has 0 radical (unpaired) electrons. The molecule has 0 atom stereocenters. The Labute approximate surface area is 112 Å². The van der Waals surface area contributed by atoms with Gasteiger partial charge in [-0.3, -0.25) is 0 Å². The van der Waals surface area contributed by atoms with E-state index >= 15 is 0 Å². The first-order valence-electron chi connectivity index (χ1n) is 6.56. The first-order chi connectivity index (χ1) is 9.13. The maximum atomic E-state index is 10.3. The summed E-state index contributed by atoms with van der Waals surface area (Å²) < 4.78 is 10.6. The van der Waals surface area contributed by atoms with Crippen molar-refractivity contribution in [1.29, 1.82) is 0 Å². The molecule has 1 saturated heterocycles. The quantitative estimate of drug-likeness (QED) is 0.738. The van der Waals surface area contributed by atoms with Crippen molar-refractivity contribution in [1.82, 2.24) is 4.98 Å². The van der Waals surface area contributed by atoms with E-state index in [-0.39, 0.29) is 0 Å². The van der Waals surface area contributed by atoms with Gasteiger partial charge in [0.1, 0.15) is 5.82 Å². The fraction of sp³-hybridized carbons (Fsp3) is 0.615. The molecule has 2 heterocycles. The molecule has 6 heteroatoms. The van der Waals surface area contributed by atoms with E-state index in [1.165, 1.54) is 0 Å². The third-order valence-corrected chi connectivity index (χ3v) is 3.19. The highest BCUT2D eigenvalue weighted by molar-refractivity contribution is 5.53. The molecule has 0 aromatic carbocycles. The molecule has 0 amide bonds. The van der Waals surface area contributed by atoms with Crippen molar-refractivity contribution < 1.29 is 14.6 Å². The van der Waals surface area contributed by atoms with E-state index in [2.05, 4.69) is 10.3 Å².